The standard InChI is InChI=1S/C28H31FN6O2S/c1-17(2)28-33-25(26-27(30)32-16-24(35(26)28)18-9-11-19(31-3)12-10-18)22-14-13-20(15-23(22)29)34-38(36,37)21-7-5-4-6-8-21/h4-9,13-17,19,31,34H,10-12H2,1-3H3,(H2,30,32). The van der Waals surface area contributed by atoms with Gasteiger partial charge in [0.1, 0.15) is 28.7 Å². The number of rotatable bonds is 7. The van der Waals surface area contributed by atoms with Crippen LogP contribution >= 0.6 is 0 Å². The third-order valence-electron chi connectivity index (χ3n) is 6.91. The smallest absolute Gasteiger partial charge is 0.261 e. The molecule has 0 bridgehead atoms. The lowest BCUT2D eigenvalue weighted by Gasteiger charge is -2.22. The second-order valence-corrected chi connectivity index (χ2v) is 11.5. The average Bonchev–Trinajstić information content (AvgIpc) is 3.31. The number of nitrogens with zero attached hydrogens (tertiary/aromatic N) is 3. The third kappa shape index (κ3) is 4.77. The van der Waals surface area contributed by atoms with Gasteiger partial charge in [0.2, 0.25) is 0 Å². The van der Waals surface area contributed by atoms with Crippen LogP contribution in [0.4, 0.5) is 15.9 Å². The van der Waals surface area contributed by atoms with E-state index >= 15 is 4.39 Å². The van der Waals surface area contributed by atoms with Gasteiger partial charge in [-0.2, -0.15) is 0 Å². The molecule has 2 aromatic heterocycles. The fourth-order valence-corrected chi connectivity index (χ4v) is 5.95. The molecule has 8 nitrogen and oxygen atoms in total. The van der Waals surface area contributed by atoms with Crippen molar-refractivity contribution in [1.29, 1.82) is 0 Å². The predicted octanol–water partition coefficient (Wildman–Crippen LogP) is 5.20. The monoisotopic (exact) mass is 534 g/mol. The summed E-state index contributed by atoms with van der Waals surface area (Å²) in [5.41, 5.74) is 9.67. The molecule has 0 aliphatic heterocycles. The summed E-state index contributed by atoms with van der Waals surface area (Å²) < 4.78 is 45.4. The van der Waals surface area contributed by atoms with Crippen molar-refractivity contribution in [2.45, 2.75) is 50.0 Å². The first kappa shape index (κ1) is 25.9. The van der Waals surface area contributed by atoms with Crippen molar-refractivity contribution in [1.82, 2.24) is 19.7 Å². The molecular formula is C28H31FN6O2S. The molecule has 5 rings (SSSR count). The van der Waals surface area contributed by atoms with Crippen LogP contribution in [0.5, 0.6) is 0 Å². The molecule has 4 N–H and O–H groups in total. The van der Waals surface area contributed by atoms with E-state index in [4.69, 9.17) is 10.7 Å². The van der Waals surface area contributed by atoms with Gasteiger partial charge in [0, 0.05) is 17.5 Å². The molecule has 4 aromatic rings. The molecule has 1 aliphatic carbocycles. The van der Waals surface area contributed by atoms with Crippen molar-refractivity contribution in [3.63, 3.8) is 0 Å². The van der Waals surface area contributed by atoms with E-state index in [-0.39, 0.29) is 27.9 Å². The van der Waals surface area contributed by atoms with E-state index < -0.39 is 15.8 Å². The number of allylic oxidation sites excluding steroid dienone is 1. The molecule has 0 spiro atoms. The van der Waals surface area contributed by atoms with E-state index in [1.54, 1.807) is 24.4 Å². The molecule has 0 radical (unpaired) electrons. The zero-order valence-electron chi connectivity index (χ0n) is 21.6. The lowest BCUT2D eigenvalue weighted by molar-refractivity contribution is 0.522. The van der Waals surface area contributed by atoms with Crippen LogP contribution in [0.2, 0.25) is 0 Å². The second-order valence-electron chi connectivity index (χ2n) is 9.79. The minimum Gasteiger partial charge on any atom is -0.382 e. The first-order chi connectivity index (χ1) is 18.2. The van der Waals surface area contributed by atoms with Gasteiger partial charge < -0.3 is 11.1 Å². The summed E-state index contributed by atoms with van der Waals surface area (Å²) in [6.45, 7) is 4.06. The molecule has 1 aliphatic rings. The van der Waals surface area contributed by atoms with Crippen LogP contribution in [0, 0.1) is 5.82 Å². The van der Waals surface area contributed by atoms with Crippen LogP contribution in [-0.4, -0.2) is 35.9 Å². The molecule has 1 atom stereocenters. The SMILES string of the molecule is CNC1CC=C(c2cnc(N)c3c(-c4ccc(NS(=O)(=O)c5ccccc5)cc4F)nc(C(C)C)n23)CC1. The summed E-state index contributed by atoms with van der Waals surface area (Å²) in [6, 6.07) is 12.6. The molecule has 0 saturated carbocycles. The second kappa shape index (κ2) is 10.2. The highest BCUT2D eigenvalue weighted by Gasteiger charge is 2.25. The van der Waals surface area contributed by atoms with Gasteiger partial charge in [0.05, 0.1) is 22.5 Å². The molecule has 2 heterocycles. The van der Waals surface area contributed by atoms with Gasteiger partial charge in [-0.15, -0.1) is 0 Å². The summed E-state index contributed by atoms with van der Waals surface area (Å²) in [6.07, 6.45) is 6.77. The average molecular weight is 535 g/mol. The Bertz CT molecular complexity index is 1630. The highest BCUT2D eigenvalue weighted by atomic mass is 32.2. The Balaban J connectivity index is 1.59. The molecule has 0 saturated heterocycles. The van der Waals surface area contributed by atoms with Crippen LogP contribution in [0.1, 0.15) is 50.5 Å². The Hall–Kier alpha value is -3.76. The maximum absolute atomic E-state index is 15.6. The number of hydrogen-bond acceptors (Lipinski definition) is 6. The normalized spacial score (nSPS) is 16.1. The largest absolute Gasteiger partial charge is 0.382 e. The van der Waals surface area contributed by atoms with Gasteiger partial charge in [-0.1, -0.05) is 38.1 Å². The molecule has 198 valence electrons. The van der Waals surface area contributed by atoms with Crippen LogP contribution in [0.15, 0.2) is 65.7 Å². The molecule has 1 unspecified atom stereocenters. The van der Waals surface area contributed by atoms with Gasteiger partial charge in [0.15, 0.2) is 0 Å². The summed E-state index contributed by atoms with van der Waals surface area (Å²) >= 11 is 0. The first-order valence-corrected chi connectivity index (χ1v) is 14.1. The van der Waals surface area contributed by atoms with Crippen molar-refractivity contribution in [2.75, 3.05) is 17.5 Å². The van der Waals surface area contributed by atoms with E-state index in [2.05, 4.69) is 21.1 Å². The minimum absolute atomic E-state index is 0.0334. The zero-order chi connectivity index (χ0) is 27.0. The highest BCUT2D eigenvalue weighted by molar-refractivity contribution is 7.92. The van der Waals surface area contributed by atoms with Crippen LogP contribution < -0.4 is 15.8 Å². The molecule has 38 heavy (non-hydrogen) atoms. The Morgan fingerprint density at radius 2 is 1.92 bits per heavy atom. The van der Waals surface area contributed by atoms with Crippen molar-refractivity contribution >= 4 is 32.6 Å². The van der Waals surface area contributed by atoms with Gasteiger partial charge >= 0.3 is 0 Å². The number of nitrogen functional groups attached to an aromatic ring is 1. The van der Waals surface area contributed by atoms with E-state index in [1.165, 1.54) is 24.3 Å². The summed E-state index contributed by atoms with van der Waals surface area (Å²) in [5.74, 6) is 0.420. The quantitative estimate of drug-likeness (QED) is 0.300. The highest BCUT2D eigenvalue weighted by Crippen LogP contribution is 2.37. The van der Waals surface area contributed by atoms with Crippen molar-refractivity contribution in [3.05, 3.63) is 78.1 Å². The Morgan fingerprint density at radius 1 is 1.16 bits per heavy atom. The number of hydrogen-bond donors (Lipinski definition) is 3. The summed E-state index contributed by atoms with van der Waals surface area (Å²) in [7, 11) is -1.89. The number of aromatic nitrogens is 3. The minimum atomic E-state index is -3.86. The van der Waals surface area contributed by atoms with Gasteiger partial charge in [-0.25, -0.2) is 22.8 Å². The number of anilines is 2. The van der Waals surface area contributed by atoms with Gasteiger partial charge in [-0.3, -0.25) is 9.12 Å². The third-order valence-corrected chi connectivity index (χ3v) is 8.30. The van der Waals surface area contributed by atoms with Crippen molar-refractivity contribution in [2.24, 2.45) is 0 Å². The van der Waals surface area contributed by atoms with E-state index in [0.29, 0.717) is 17.3 Å². The molecule has 0 fully saturated rings. The number of nitrogens with two attached hydrogens (primary N) is 1. The number of fused-ring (bicyclic) bond motifs is 1. The Morgan fingerprint density at radius 3 is 2.55 bits per heavy atom. The predicted molar refractivity (Wildman–Crippen MR) is 149 cm³/mol. The van der Waals surface area contributed by atoms with Crippen molar-refractivity contribution in [3.8, 4) is 11.3 Å². The molecule has 10 heteroatoms. The molecule has 0 amide bonds. The first-order valence-electron chi connectivity index (χ1n) is 12.6. The van der Waals surface area contributed by atoms with Crippen LogP contribution in [0.3, 0.4) is 0 Å². The topological polar surface area (TPSA) is 114 Å². The number of halogens is 1. The molecule has 2 aromatic carbocycles. The van der Waals surface area contributed by atoms with E-state index in [0.717, 1.165) is 42.4 Å². The number of benzene rings is 2. The van der Waals surface area contributed by atoms with Crippen LogP contribution in [-0.2, 0) is 10.0 Å². The number of sulfonamides is 1. The molecular weight excluding hydrogens is 503 g/mol. The maximum atomic E-state index is 15.6. The lowest BCUT2D eigenvalue weighted by Crippen LogP contribution is -2.26. The maximum Gasteiger partial charge on any atom is 0.261 e. The van der Waals surface area contributed by atoms with Gasteiger partial charge in [-0.05, 0) is 62.2 Å². The van der Waals surface area contributed by atoms with Crippen molar-refractivity contribution < 1.29 is 12.8 Å². The summed E-state index contributed by atoms with van der Waals surface area (Å²) in [4.78, 5) is 9.39. The fourth-order valence-electron chi connectivity index (χ4n) is 4.88. The van der Waals surface area contributed by atoms with E-state index in [1.807, 2.05) is 25.3 Å². The van der Waals surface area contributed by atoms with Crippen LogP contribution in [0.25, 0.3) is 22.3 Å². The number of nitrogens with one attached hydrogen (secondary N) is 2. The lowest BCUT2D eigenvalue weighted by atomic mass is 9.93. The Labute approximate surface area is 221 Å². The Kier molecular flexibility index (Phi) is 6.93. The zero-order valence-corrected chi connectivity index (χ0v) is 22.4. The van der Waals surface area contributed by atoms with E-state index in [9.17, 15) is 8.42 Å². The van der Waals surface area contributed by atoms with Gasteiger partial charge in [0.25, 0.3) is 10.0 Å². The fraction of sp³-hybridized carbons (Fsp3) is 0.286. The number of imidazole rings is 1. The summed E-state index contributed by atoms with van der Waals surface area (Å²) in [5, 5.41) is 3.33.